The number of nitrogens with zero attached hydrogens (tertiary/aromatic N) is 2. The Labute approximate surface area is 163 Å². The summed E-state index contributed by atoms with van der Waals surface area (Å²) in [5.74, 6) is 0. The summed E-state index contributed by atoms with van der Waals surface area (Å²) >= 11 is 0. The summed E-state index contributed by atoms with van der Waals surface area (Å²) in [5, 5.41) is 13.6. The Morgan fingerprint density at radius 1 is 0.963 bits per heavy atom. The van der Waals surface area contributed by atoms with Crippen molar-refractivity contribution < 1.29 is 14.2 Å². The predicted molar refractivity (Wildman–Crippen MR) is 114 cm³/mol. The number of fused-ring (bicyclic) bond motifs is 1. The standard InChI is InChI=1S/C20H29N3O3S/c1-20(2,3)21-15-17(24)13-14-22-18-11-7-8-12-19(18)23(27(22,25)26)16-9-5-4-6-10-16/h4-12,17,21,24-26H,13-15H2,1-3H3/t17-/m1/s1. The number of para-hydroxylation sites is 3. The van der Waals surface area contributed by atoms with Gasteiger partial charge in [-0.15, -0.1) is 0 Å². The molecule has 0 amide bonds. The first kappa shape index (κ1) is 20.0. The fourth-order valence-corrected chi connectivity index (χ4v) is 4.88. The molecule has 0 bridgehead atoms. The quantitative estimate of drug-likeness (QED) is 0.586. The molecule has 27 heavy (non-hydrogen) atoms. The number of hydrogen-bond acceptors (Lipinski definition) is 6. The molecule has 0 saturated heterocycles. The second kappa shape index (κ2) is 7.69. The molecule has 0 aliphatic carbocycles. The second-order valence-electron chi connectivity index (χ2n) is 7.78. The summed E-state index contributed by atoms with van der Waals surface area (Å²) in [7, 11) is -3.24. The predicted octanol–water partition coefficient (Wildman–Crippen LogP) is 4.36. The lowest BCUT2D eigenvalue weighted by molar-refractivity contribution is 0.154. The molecule has 148 valence electrons. The number of aliphatic hydroxyl groups excluding tert-OH is 1. The number of benzene rings is 2. The normalized spacial score (nSPS) is 18.3. The van der Waals surface area contributed by atoms with E-state index in [4.69, 9.17) is 0 Å². The maximum absolute atomic E-state index is 11.1. The fraction of sp³-hybridized carbons (Fsp3) is 0.400. The minimum atomic E-state index is -3.24. The lowest BCUT2D eigenvalue weighted by Crippen LogP contribution is -2.42. The molecular weight excluding hydrogens is 362 g/mol. The Kier molecular flexibility index (Phi) is 5.69. The molecule has 6 nitrogen and oxygen atoms in total. The number of anilines is 3. The molecule has 1 aliphatic rings. The van der Waals surface area contributed by atoms with Crippen LogP contribution in [-0.4, -0.2) is 38.9 Å². The molecule has 0 aromatic heterocycles. The van der Waals surface area contributed by atoms with Crippen molar-refractivity contribution in [3.8, 4) is 0 Å². The van der Waals surface area contributed by atoms with Gasteiger partial charge in [0.05, 0.1) is 23.2 Å². The maximum atomic E-state index is 11.1. The van der Waals surface area contributed by atoms with Gasteiger partial charge in [-0.1, -0.05) is 30.3 Å². The molecule has 3 rings (SSSR count). The van der Waals surface area contributed by atoms with Crippen LogP contribution in [0.2, 0.25) is 0 Å². The van der Waals surface area contributed by atoms with Gasteiger partial charge in [-0.2, -0.15) is 0 Å². The van der Waals surface area contributed by atoms with Gasteiger partial charge in [-0.3, -0.25) is 13.4 Å². The van der Waals surface area contributed by atoms with E-state index in [1.165, 1.54) is 0 Å². The topological polar surface area (TPSA) is 79.2 Å². The monoisotopic (exact) mass is 391 g/mol. The molecule has 4 N–H and O–H groups in total. The zero-order chi connectivity index (χ0) is 19.7. The third-order valence-corrected chi connectivity index (χ3v) is 6.30. The van der Waals surface area contributed by atoms with Crippen LogP contribution in [0.1, 0.15) is 27.2 Å². The Balaban J connectivity index is 1.80. The molecule has 7 heteroatoms. The summed E-state index contributed by atoms with van der Waals surface area (Å²) in [4.78, 5) is 0. The molecule has 1 aliphatic heterocycles. The lowest BCUT2D eigenvalue weighted by Gasteiger charge is -2.44. The highest BCUT2D eigenvalue weighted by molar-refractivity contribution is 8.27. The molecule has 1 atom stereocenters. The Hall–Kier alpha value is -1.77. The number of nitrogens with one attached hydrogen (secondary N) is 1. The van der Waals surface area contributed by atoms with Crippen LogP contribution in [0.5, 0.6) is 0 Å². The lowest BCUT2D eigenvalue weighted by atomic mass is 10.1. The number of β-amino-alcohol motifs (C(OH)–C–C–N with tert-alkyl or cyclic N) is 1. The van der Waals surface area contributed by atoms with E-state index in [-0.39, 0.29) is 5.54 Å². The minimum Gasteiger partial charge on any atom is -0.392 e. The van der Waals surface area contributed by atoms with Gasteiger partial charge in [-0.05, 0) is 62.4 Å². The summed E-state index contributed by atoms with van der Waals surface area (Å²) in [5.41, 5.74) is 2.17. The van der Waals surface area contributed by atoms with E-state index < -0.39 is 17.1 Å². The smallest absolute Gasteiger partial charge is 0.0896 e. The van der Waals surface area contributed by atoms with Crippen molar-refractivity contribution in [2.45, 2.75) is 38.8 Å². The van der Waals surface area contributed by atoms with Crippen molar-refractivity contribution in [3.63, 3.8) is 0 Å². The van der Waals surface area contributed by atoms with Crippen molar-refractivity contribution in [2.24, 2.45) is 0 Å². The van der Waals surface area contributed by atoms with Gasteiger partial charge in [0.15, 0.2) is 0 Å². The van der Waals surface area contributed by atoms with E-state index in [0.717, 1.165) is 17.1 Å². The molecule has 0 fully saturated rings. The second-order valence-corrected chi connectivity index (χ2v) is 9.57. The molecule has 2 aromatic carbocycles. The van der Waals surface area contributed by atoms with Crippen LogP contribution < -0.4 is 13.9 Å². The Morgan fingerprint density at radius 3 is 2.19 bits per heavy atom. The maximum Gasteiger partial charge on any atom is 0.0896 e. The van der Waals surface area contributed by atoms with Gasteiger partial charge in [0.2, 0.25) is 0 Å². The molecule has 1 heterocycles. The van der Waals surface area contributed by atoms with Crippen molar-refractivity contribution in [1.82, 2.24) is 5.32 Å². The summed E-state index contributed by atoms with van der Waals surface area (Å²) in [6.07, 6.45) is -0.145. The third-order valence-electron chi connectivity index (χ3n) is 4.43. The first-order chi connectivity index (χ1) is 12.7. The van der Waals surface area contributed by atoms with E-state index in [9.17, 15) is 14.2 Å². The van der Waals surface area contributed by atoms with Gasteiger partial charge in [0, 0.05) is 18.6 Å². The number of rotatable bonds is 6. The largest absolute Gasteiger partial charge is 0.392 e. The minimum absolute atomic E-state index is 0.0751. The zero-order valence-electron chi connectivity index (χ0n) is 16.0. The van der Waals surface area contributed by atoms with E-state index in [0.29, 0.717) is 19.5 Å². The molecule has 0 saturated carbocycles. The first-order valence-electron chi connectivity index (χ1n) is 9.13. The van der Waals surface area contributed by atoms with Crippen LogP contribution >= 0.6 is 11.0 Å². The fourth-order valence-electron chi connectivity index (χ4n) is 3.09. The Morgan fingerprint density at radius 2 is 1.56 bits per heavy atom. The van der Waals surface area contributed by atoms with E-state index in [2.05, 4.69) is 5.32 Å². The van der Waals surface area contributed by atoms with E-state index in [1.54, 1.807) is 8.61 Å². The van der Waals surface area contributed by atoms with Gasteiger partial charge in [-0.25, -0.2) is 4.31 Å². The molecular formula is C20H29N3O3S. The van der Waals surface area contributed by atoms with Crippen molar-refractivity contribution in [2.75, 3.05) is 21.7 Å². The number of aliphatic hydroxyl groups is 1. The van der Waals surface area contributed by atoms with Crippen molar-refractivity contribution >= 4 is 28.0 Å². The SMILES string of the molecule is CC(C)(C)NC[C@H](O)CCN1c2ccccc2N(c2ccccc2)S1(O)O. The van der Waals surface area contributed by atoms with E-state index >= 15 is 0 Å². The highest BCUT2D eigenvalue weighted by Crippen LogP contribution is 2.63. The average molecular weight is 392 g/mol. The van der Waals surface area contributed by atoms with Crippen LogP contribution in [0.4, 0.5) is 17.1 Å². The summed E-state index contributed by atoms with van der Waals surface area (Å²) < 4.78 is 25.3. The van der Waals surface area contributed by atoms with Gasteiger partial charge >= 0.3 is 0 Å². The number of hydrogen-bond donors (Lipinski definition) is 4. The highest BCUT2D eigenvalue weighted by Gasteiger charge is 2.41. The summed E-state index contributed by atoms with van der Waals surface area (Å²) in [6, 6.07) is 16.9. The van der Waals surface area contributed by atoms with Crippen LogP contribution in [0, 0.1) is 0 Å². The van der Waals surface area contributed by atoms with Gasteiger partial charge in [0.1, 0.15) is 0 Å². The molecule has 2 aromatic rings. The molecule has 0 radical (unpaired) electrons. The molecule has 0 unspecified atom stereocenters. The van der Waals surface area contributed by atoms with Crippen molar-refractivity contribution in [1.29, 1.82) is 0 Å². The van der Waals surface area contributed by atoms with Crippen LogP contribution in [0.25, 0.3) is 0 Å². The van der Waals surface area contributed by atoms with E-state index in [1.807, 2.05) is 75.4 Å². The first-order valence-corrected chi connectivity index (χ1v) is 10.6. The van der Waals surface area contributed by atoms with Gasteiger partial charge < -0.3 is 10.4 Å². The summed E-state index contributed by atoms with van der Waals surface area (Å²) in [6.45, 7) is 6.94. The third kappa shape index (κ3) is 4.39. The average Bonchev–Trinajstić information content (AvgIpc) is 2.84. The molecule has 0 spiro atoms. The van der Waals surface area contributed by atoms with Crippen LogP contribution in [-0.2, 0) is 0 Å². The van der Waals surface area contributed by atoms with Crippen LogP contribution in [0.15, 0.2) is 54.6 Å². The zero-order valence-corrected chi connectivity index (χ0v) is 16.9. The Bertz CT molecular complexity index is 765. The van der Waals surface area contributed by atoms with Crippen molar-refractivity contribution in [3.05, 3.63) is 54.6 Å². The highest BCUT2D eigenvalue weighted by atomic mass is 32.3. The van der Waals surface area contributed by atoms with Gasteiger partial charge in [0.25, 0.3) is 0 Å². The van der Waals surface area contributed by atoms with Crippen LogP contribution in [0.3, 0.4) is 0 Å².